The Bertz CT molecular complexity index is 455. The van der Waals surface area contributed by atoms with E-state index in [1.54, 1.807) is 0 Å². The van der Waals surface area contributed by atoms with Crippen molar-refractivity contribution in [1.82, 2.24) is 10.3 Å². The average molecular weight is 230 g/mol. The van der Waals surface area contributed by atoms with Gasteiger partial charge in [-0.05, 0) is 30.2 Å². The van der Waals surface area contributed by atoms with E-state index < -0.39 is 0 Å². The standard InChI is InChI=1S/C15H22N2/c1-3-12(4-2)10-16-11-13-6-5-7-15-14(13)8-9-17-15/h5-9,12,16-17H,3-4,10-11H2,1-2H3. The second-order valence-corrected chi connectivity index (χ2v) is 4.67. The van der Waals surface area contributed by atoms with Crippen LogP contribution in [0, 0.1) is 5.92 Å². The molecule has 0 fully saturated rings. The lowest BCUT2D eigenvalue weighted by Gasteiger charge is -2.13. The highest BCUT2D eigenvalue weighted by Gasteiger charge is 2.04. The molecule has 0 spiro atoms. The molecule has 0 aliphatic carbocycles. The molecule has 1 aromatic heterocycles. The van der Waals surface area contributed by atoms with Gasteiger partial charge in [-0.2, -0.15) is 0 Å². The van der Waals surface area contributed by atoms with Crippen LogP contribution in [0.25, 0.3) is 10.9 Å². The molecule has 2 rings (SSSR count). The molecule has 0 aliphatic rings. The van der Waals surface area contributed by atoms with E-state index in [1.165, 1.54) is 29.3 Å². The van der Waals surface area contributed by atoms with E-state index >= 15 is 0 Å². The summed E-state index contributed by atoms with van der Waals surface area (Å²) in [6.45, 7) is 6.62. The minimum Gasteiger partial charge on any atom is -0.361 e. The van der Waals surface area contributed by atoms with Gasteiger partial charge < -0.3 is 10.3 Å². The highest BCUT2D eigenvalue weighted by atomic mass is 14.9. The lowest BCUT2D eigenvalue weighted by molar-refractivity contribution is 0.450. The molecule has 0 bridgehead atoms. The highest BCUT2D eigenvalue weighted by Crippen LogP contribution is 2.17. The molecule has 17 heavy (non-hydrogen) atoms. The molecular weight excluding hydrogens is 208 g/mol. The molecule has 0 unspecified atom stereocenters. The van der Waals surface area contributed by atoms with Gasteiger partial charge in [0, 0.05) is 23.6 Å². The zero-order valence-electron chi connectivity index (χ0n) is 10.8. The minimum atomic E-state index is 0.806. The van der Waals surface area contributed by atoms with Crippen molar-refractivity contribution in [2.24, 2.45) is 5.92 Å². The summed E-state index contributed by atoms with van der Waals surface area (Å²) in [5, 5.41) is 4.91. The number of benzene rings is 1. The Morgan fingerprint density at radius 3 is 2.76 bits per heavy atom. The highest BCUT2D eigenvalue weighted by molar-refractivity contribution is 5.82. The molecule has 2 aromatic rings. The predicted octanol–water partition coefficient (Wildman–Crippen LogP) is 3.69. The summed E-state index contributed by atoms with van der Waals surface area (Å²) in [6.07, 6.45) is 4.53. The third-order valence-corrected chi connectivity index (χ3v) is 3.59. The van der Waals surface area contributed by atoms with Crippen LogP contribution in [0.4, 0.5) is 0 Å². The van der Waals surface area contributed by atoms with Crippen molar-refractivity contribution >= 4 is 10.9 Å². The van der Waals surface area contributed by atoms with Crippen molar-refractivity contribution in [3.8, 4) is 0 Å². The van der Waals surface area contributed by atoms with Crippen molar-refractivity contribution in [3.63, 3.8) is 0 Å². The second-order valence-electron chi connectivity index (χ2n) is 4.67. The topological polar surface area (TPSA) is 27.8 Å². The number of hydrogen-bond donors (Lipinski definition) is 2. The SMILES string of the molecule is CCC(CC)CNCc1cccc2[nH]ccc12. The minimum absolute atomic E-state index is 0.806. The zero-order valence-corrected chi connectivity index (χ0v) is 10.8. The van der Waals surface area contributed by atoms with Crippen molar-refractivity contribution in [2.45, 2.75) is 33.2 Å². The van der Waals surface area contributed by atoms with Gasteiger partial charge in [0.05, 0.1) is 0 Å². The molecular formula is C15H22N2. The summed E-state index contributed by atoms with van der Waals surface area (Å²) in [7, 11) is 0. The third kappa shape index (κ3) is 2.89. The van der Waals surface area contributed by atoms with Crippen molar-refractivity contribution in [3.05, 3.63) is 36.0 Å². The summed E-state index contributed by atoms with van der Waals surface area (Å²) < 4.78 is 0. The fourth-order valence-corrected chi connectivity index (χ4v) is 2.29. The molecule has 0 aliphatic heterocycles. The second kappa shape index (κ2) is 5.87. The van der Waals surface area contributed by atoms with Crippen LogP contribution in [0.15, 0.2) is 30.5 Å². The molecule has 1 heterocycles. The summed E-state index contributed by atoms with van der Waals surface area (Å²) in [6, 6.07) is 8.60. The molecule has 1 aromatic carbocycles. The fourth-order valence-electron chi connectivity index (χ4n) is 2.29. The first-order valence-corrected chi connectivity index (χ1v) is 6.60. The summed E-state index contributed by atoms with van der Waals surface area (Å²) >= 11 is 0. The van der Waals surface area contributed by atoms with Gasteiger partial charge >= 0.3 is 0 Å². The normalized spacial score (nSPS) is 11.5. The molecule has 0 atom stereocenters. The van der Waals surface area contributed by atoms with Crippen LogP contribution in [-0.2, 0) is 6.54 Å². The van der Waals surface area contributed by atoms with Crippen molar-refractivity contribution in [1.29, 1.82) is 0 Å². The van der Waals surface area contributed by atoms with E-state index in [2.05, 4.69) is 48.4 Å². The number of fused-ring (bicyclic) bond motifs is 1. The van der Waals surface area contributed by atoms with E-state index in [0.717, 1.165) is 19.0 Å². The Labute approximate surface area is 103 Å². The van der Waals surface area contributed by atoms with E-state index in [9.17, 15) is 0 Å². The first-order chi connectivity index (χ1) is 8.35. The number of rotatable bonds is 6. The summed E-state index contributed by atoms with van der Waals surface area (Å²) in [5.74, 6) is 0.806. The summed E-state index contributed by atoms with van der Waals surface area (Å²) in [4.78, 5) is 3.25. The third-order valence-electron chi connectivity index (χ3n) is 3.59. The quantitative estimate of drug-likeness (QED) is 0.778. The van der Waals surface area contributed by atoms with Crippen LogP contribution in [0.2, 0.25) is 0 Å². The first-order valence-electron chi connectivity index (χ1n) is 6.60. The van der Waals surface area contributed by atoms with Gasteiger partial charge in [-0.1, -0.05) is 38.8 Å². The van der Waals surface area contributed by atoms with Gasteiger partial charge in [-0.25, -0.2) is 0 Å². The van der Waals surface area contributed by atoms with Crippen LogP contribution < -0.4 is 5.32 Å². The van der Waals surface area contributed by atoms with Gasteiger partial charge in [0.1, 0.15) is 0 Å². The number of nitrogens with one attached hydrogen (secondary N) is 2. The number of hydrogen-bond acceptors (Lipinski definition) is 1. The maximum atomic E-state index is 3.57. The average Bonchev–Trinajstić information content (AvgIpc) is 2.83. The van der Waals surface area contributed by atoms with Crippen LogP contribution in [0.3, 0.4) is 0 Å². The Kier molecular flexibility index (Phi) is 4.21. The lowest BCUT2D eigenvalue weighted by Crippen LogP contribution is -2.21. The van der Waals surface area contributed by atoms with Gasteiger partial charge in [0.15, 0.2) is 0 Å². The largest absolute Gasteiger partial charge is 0.361 e. The van der Waals surface area contributed by atoms with Gasteiger partial charge in [-0.15, -0.1) is 0 Å². The molecule has 0 saturated carbocycles. The van der Waals surface area contributed by atoms with Crippen LogP contribution >= 0.6 is 0 Å². The van der Waals surface area contributed by atoms with Crippen molar-refractivity contribution < 1.29 is 0 Å². The Balaban J connectivity index is 1.97. The molecule has 92 valence electrons. The maximum absolute atomic E-state index is 3.57. The first kappa shape index (κ1) is 12.2. The molecule has 2 nitrogen and oxygen atoms in total. The fraction of sp³-hybridized carbons (Fsp3) is 0.467. The van der Waals surface area contributed by atoms with E-state index in [-0.39, 0.29) is 0 Å². The Morgan fingerprint density at radius 2 is 2.00 bits per heavy atom. The number of aromatic amines is 1. The zero-order chi connectivity index (χ0) is 12.1. The van der Waals surface area contributed by atoms with Crippen molar-refractivity contribution in [2.75, 3.05) is 6.54 Å². The van der Waals surface area contributed by atoms with Gasteiger partial charge in [0.25, 0.3) is 0 Å². The van der Waals surface area contributed by atoms with Gasteiger partial charge in [-0.3, -0.25) is 0 Å². The molecule has 0 radical (unpaired) electrons. The predicted molar refractivity (Wildman–Crippen MR) is 74.1 cm³/mol. The monoisotopic (exact) mass is 230 g/mol. The van der Waals surface area contributed by atoms with Crippen LogP contribution in [0.1, 0.15) is 32.3 Å². The van der Waals surface area contributed by atoms with E-state index in [4.69, 9.17) is 0 Å². The molecule has 0 saturated heterocycles. The smallest absolute Gasteiger partial charge is 0.0457 e. The van der Waals surface area contributed by atoms with Crippen LogP contribution in [0.5, 0.6) is 0 Å². The van der Waals surface area contributed by atoms with Gasteiger partial charge in [0.2, 0.25) is 0 Å². The number of aromatic nitrogens is 1. The molecule has 2 N–H and O–H groups in total. The Hall–Kier alpha value is -1.28. The summed E-state index contributed by atoms with van der Waals surface area (Å²) in [5.41, 5.74) is 2.61. The number of H-pyrrole nitrogens is 1. The molecule has 2 heteroatoms. The Morgan fingerprint density at radius 1 is 1.18 bits per heavy atom. The van der Waals surface area contributed by atoms with Crippen LogP contribution in [-0.4, -0.2) is 11.5 Å². The maximum Gasteiger partial charge on any atom is 0.0457 e. The van der Waals surface area contributed by atoms with E-state index in [0.29, 0.717) is 0 Å². The van der Waals surface area contributed by atoms with E-state index in [1.807, 2.05) is 6.20 Å². The lowest BCUT2D eigenvalue weighted by atomic mass is 10.0. The molecule has 0 amide bonds.